The Morgan fingerprint density at radius 2 is 1.82 bits per heavy atom. The highest BCUT2D eigenvalue weighted by Crippen LogP contribution is 2.12. The predicted molar refractivity (Wildman–Crippen MR) is 72.2 cm³/mol. The second kappa shape index (κ2) is 7.57. The van der Waals surface area contributed by atoms with Crippen LogP contribution in [0.4, 0.5) is 4.79 Å². The lowest BCUT2D eigenvalue weighted by atomic mass is 10.1. The lowest BCUT2D eigenvalue weighted by Crippen LogP contribution is -2.38. The van der Waals surface area contributed by atoms with Crippen LogP contribution in [0.25, 0.3) is 0 Å². The van der Waals surface area contributed by atoms with Crippen molar-refractivity contribution in [3.05, 3.63) is 0 Å². The molecule has 0 aromatic heterocycles. The van der Waals surface area contributed by atoms with E-state index in [0.717, 1.165) is 32.4 Å². The molecule has 0 spiro atoms. The van der Waals surface area contributed by atoms with Gasteiger partial charge >= 0.3 is 6.09 Å². The molecule has 0 rings (SSSR count). The molecule has 0 unspecified atom stereocenters. The Morgan fingerprint density at radius 3 is 2.24 bits per heavy atom. The summed E-state index contributed by atoms with van der Waals surface area (Å²) in [5.74, 6) is 0.613. The van der Waals surface area contributed by atoms with E-state index in [9.17, 15) is 4.79 Å². The van der Waals surface area contributed by atoms with Crippen molar-refractivity contribution in [1.29, 1.82) is 0 Å². The summed E-state index contributed by atoms with van der Waals surface area (Å²) in [4.78, 5) is 13.8. The molecule has 0 aliphatic rings. The molecule has 3 nitrogen and oxygen atoms in total. The van der Waals surface area contributed by atoms with Gasteiger partial charge in [-0.25, -0.2) is 4.79 Å². The van der Waals surface area contributed by atoms with Crippen LogP contribution < -0.4 is 0 Å². The largest absolute Gasteiger partial charge is 0.444 e. The molecule has 102 valence electrons. The van der Waals surface area contributed by atoms with Gasteiger partial charge in [-0.1, -0.05) is 27.2 Å². The number of unbranched alkanes of at least 4 members (excludes halogenated alkanes) is 1. The number of carbonyl (C=O) groups is 1. The van der Waals surface area contributed by atoms with Crippen molar-refractivity contribution in [1.82, 2.24) is 4.90 Å². The first kappa shape index (κ1) is 16.3. The average Bonchev–Trinajstić information content (AvgIpc) is 2.14. The highest BCUT2D eigenvalue weighted by Gasteiger charge is 2.21. The van der Waals surface area contributed by atoms with E-state index in [1.165, 1.54) is 0 Å². The Bertz CT molecular complexity index is 219. The van der Waals surface area contributed by atoms with Crippen LogP contribution in [0, 0.1) is 5.92 Å². The first-order chi connectivity index (χ1) is 7.76. The highest BCUT2D eigenvalue weighted by atomic mass is 16.6. The van der Waals surface area contributed by atoms with Crippen LogP contribution in [0.3, 0.4) is 0 Å². The van der Waals surface area contributed by atoms with Crippen LogP contribution in [-0.4, -0.2) is 29.7 Å². The van der Waals surface area contributed by atoms with Gasteiger partial charge in [-0.15, -0.1) is 0 Å². The van der Waals surface area contributed by atoms with Crippen LogP contribution in [0.15, 0.2) is 0 Å². The van der Waals surface area contributed by atoms with Gasteiger partial charge in [0, 0.05) is 13.1 Å². The molecule has 0 aromatic rings. The summed E-state index contributed by atoms with van der Waals surface area (Å²) < 4.78 is 5.42. The van der Waals surface area contributed by atoms with E-state index in [2.05, 4.69) is 20.8 Å². The van der Waals surface area contributed by atoms with Gasteiger partial charge < -0.3 is 9.64 Å². The van der Waals surface area contributed by atoms with Crippen LogP contribution in [0.2, 0.25) is 0 Å². The summed E-state index contributed by atoms with van der Waals surface area (Å²) in [6.45, 7) is 13.8. The summed E-state index contributed by atoms with van der Waals surface area (Å²) in [6, 6.07) is 0. The van der Waals surface area contributed by atoms with Crippen LogP contribution in [0.1, 0.15) is 60.8 Å². The van der Waals surface area contributed by atoms with Crippen molar-refractivity contribution in [2.24, 2.45) is 5.92 Å². The minimum Gasteiger partial charge on any atom is -0.444 e. The smallest absolute Gasteiger partial charge is 0.410 e. The number of hydrogen-bond donors (Lipinski definition) is 0. The van der Waals surface area contributed by atoms with Gasteiger partial charge in [-0.3, -0.25) is 0 Å². The van der Waals surface area contributed by atoms with Crippen molar-refractivity contribution in [2.45, 2.75) is 66.4 Å². The van der Waals surface area contributed by atoms with Gasteiger partial charge in [0.25, 0.3) is 0 Å². The second-order valence-electron chi connectivity index (χ2n) is 6.00. The lowest BCUT2D eigenvalue weighted by Gasteiger charge is -2.27. The number of carbonyl (C=O) groups excluding carboxylic acids is 1. The molecule has 0 saturated carbocycles. The Hall–Kier alpha value is -0.730. The SMILES string of the molecule is CCCCN(CCC(C)C)C(=O)OC(C)(C)C. The third kappa shape index (κ3) is 9.02. The molecule has 0 saturated heterocycles. The van der Waals surface area contributed by atoms with Gasteiger partial charge in [0.1, 0.15) is 5.60 Å². The molecule has 0 atom stereocenters. The molecule has 0 aromatic carbocycles. The molecule has 3 heteroatoms. The fourth-order valence-corrected chi connectivity index (χ4v) is 1.38. The fourth-order valence-electron chi connectivity index (χ4n) is 1.38. The number of amides is 1. The van der Waals surface area contributed by atoms with E-state index in [0.29, 0.717) is 5.92 Å². The van der Waals surface area contributed by atoms with Gasteiger partial charge in [-0.2, -0.15) is 0 Å². The number of nitrogens with zero attached hydrogens (tertiary/aromatic N) is 1. The molecule has 0 fully saturated rings. The topological polar surface area (TPSA) is 29.5 Å². The Balaban J connectivity index is 4.29. The first-order valence-corrected chi connectivity index (χ1v) is 6.74. The maximum Gasteiger partial charge on any atom is 0.410 e. The Morgan fingerprint density at radius 1 is 1.24 bits per heavy atom. The zero-order chi connectivity index (χ0) is 13.5. The minimum atomic E-state index is -0.403. The van der Waals surface area contributed by atoms with E-state index in [4.69, 9.17) is 4.74 Å². The standard InChI is InChI=1S/C14H29NO2/c1-7-8-10-15(11-9-12(2)3)13(16)17-14(4,5)6/h12H,7-11H2,1-6H3. The monoisotopic (exact) mass is 243 g/mol. The normalized spacial score (nSPS) is 11.7. The summed E-state index contributed by atoms with van der Waals surface area (Å²) >= 11 is 0. The van der Waals surface area contributed by atoms with Crippen LogP contribution >= 0.6 is 0 Å². The van der Waals surface area contributed by atoms with E-state index in [1.54, 1.807) is 0 Å². The summed E-state index contributed by atoms with van der Waals surface area (Å²) in [7, 11) is 0. The summed E-state index contributed by atoms with van der Waals surface area (Å²) in [5.41, 5.74) is -0.403. The van der Waals surface area contributed by atoms with E-state index >= 15 is 0 Å². The second-order valence-corrected chi connectivity index (χ2v) is 6.00. The fraction of sp³-hybridized carbons (Fsp3) is 0.929. The highest BCUT2D eigenvalue weighted by molar-refractivity contribution is 5.68. The molecule has 0 N–H and O–H groups in total. The molecule has 0 radical (unpaired) electrons. The molecule has 17 heavy (non-hydrogen) atoms. The van der Waals surface area contributed by atoms with Crippen molar-refractivity contribution in [2.75, 3.05) is 13.1 Å². The van der Waals surface area contributed by atoms with E-state index < -0.39 is 5.60 Å². The maximum atomic E-state index is 12.0. The summed E-state index contributed by atoms with van der Waals surface area (Å²) in [6.07, 6.45) is 2.99. The van der Waals surface area contributed by atoms with E-state index in [1.807, 2.05) is 25.7 Å². The third-order valence-corrected chi connectivity index (χ3v) is 2.41. The number of rotatable bonds is 6. The number of ether oxygens (including phenoxy) is 1. The average molecular weight is 243 g/mol. The maximum absolute atomic E-state index is 12.0. The van der Waals surface area contributed by atoms with Crippen LogP contribution in [-0.2, 0) is 4.74 Å². The van der Waals surface area contributed by atoms with Crippen molar-refractivity contribution in [3.8, 4) is 0 Å². The molecule has 1 amide bonds. The molecule has 0 aliphatic heterocycles. The van der Waals surface area contributed by atoms with Gasteiger partial charge in [0.2, 0.25) is 0 Å². The van der Waals surface area contributed by atoms with Crippen molar-refractivity contribution in [3.63, 3.8) is 0 Å². The molecular formula is C14H29NO2. The van der Waals surface area contributed by atoms with Crippen LogP contribution in [0.5, 0.6) is 0 Å². The predicted octanol–water partition coefficient (Wildman–Crippen LogP) is 4.07. The van der Waals surface area contributed by atoms with Crippen molar-refractivity contribution < 1.29 is 9.53 Å². The van der Waals surface area contributed by atoms with Gasteiger partial charge in [0.15, 0.2) is 0 Å². The summed E-state index contributed by atoms with van der Waals surface area (Å²) in [5, 5.41) is 0. The van der Waals surface area contributed by atoms with Crippen molar-refractivity contribution >= 4 is 6.09 Å². The van der Waals surface area contributed by atoms with Gasteiger partial charge in [-0.05, 0) is 39.5 Å². The molecule has 0 bridgehead atoms. The quantitative estimate of drug-likeness (QED) is 0.703. The first-order valence-electron chi connectivity index (χ1n) is 6.74. The zero-order valence-corrected chi connectivity index (χ0v) is 12.4. The molecule has 0 aliphatic carbocycles. The minimum absolute atomic E-state index is 0.174. The lowest BCUT2D eigenvalue weighted by molar-refractivity contribution is 0.0240. The molecule has 0 heterocycles. The molecular weight excluding hydrogens is 214 g/mol. The number of hydrogen-bond acceptors (Lipinski definition) is 2. The third-order valence-electron chi connectivity index (χ3n) is 2.41. The Kier molecular flexibility index (Phi) is 7.24. The Labute approximate surface area is 107 Å². The zero-order valence-electron chi connectivity index (χ0n) is 12.4. The van der Waals surface area contributed by atoms with E-state index in [-0.39, 0.29) is 6.09 Å². The van der Waals surface area contributed by atoms with Gasteiger partial charge in [0.05, 0.1) is 0 Å².